The summed E-state index contributed by atoms with van der Waals surface area (Å²) >= 11 is 1.21. The summed E-state index contributed by atoms with van der Waals surface area (Å²) in [6.07, 6.45) is 0.971. The molecule has 3 nitrogen and oxygen atoms in total. The van der Waals surface area contributed by atoms with Gasteiger partial charge in [-0.05, 0) is 13.3 Å². The molecule has 1 atom stereocenters. The highest BCUT2D eigenvalue weighted by Crippen LogP contribution is 2.51. The molecule has 0 fully saturated rings. The van der Waals surface area contributed by atoms with Gasteiger partial charge in [0, 0.05) is 5.75 Å². The van der Waals surface area contributed by atoms with Gasteiger partial charge >= 0.3 is 6.72 Å². The minimum absolute atomic E-state index is 0.421. The van der Waals surface area contributed by atoms with Crippen molar-refractivity contribution in [2.24, 2.45) is 5.50 Å². The highest BCUT2D eigenvalue weighted by atomic mass is 32.7. The quantitative estimate of drug-likeness (QED) is 0.664. The predicted molar refractivity (Wildman–Crippen MR) is 46.2 cm³/mol. The topological polar surface area (TPSA) is 52.3 Å². The maximum Gasteiger partial charge on any atom is 0.323 e. The highest BCUT2D eigenvalue weighted by Gasteiger charge is 2.14. The lowest BCUT2D eigenvalue weighted by atomic mass is 10.6. The molecule has 0 aromatic rings. The minimum Gasteiger partial charge on any atom is -0.310 e. The molecule has 0 aromatic carbocycles. The van der Waals surface area contributed by atoms with E-state index in [1.807, 2.05) is 6.92 Å². The average Bonchev–Trinajstić information content (AvgIpc) is 1.84. The van der Waals surface area contributed by atoms with Crippen molar-refractivity contribution in [3.05, 3.63) is 0 Å². The number of rotatable bonds is 5. The fourth-order valence-corrected chi connectivity index (χ4v) is 3.16. The molecule has 0 saturated heterocycles. The molecule has 0 radical (unpaired) electrons. The van der Waals surface area contributed by atoms with Crippen molar-refractivity contribution in [2.75, 3.05) is 12.4 Å². The van der Waals surface area contributed by atoms with Crippen LogP contribution in [0.5, 0.6) is 0 Å². The molecule has 2 N–H and O–H groups in total. The number of nitrogens with two attached hydrogens (primary N) is 1. The summed E-state index contributed by atoms with van der Waals surface area (Å²) in [7, 11) is 0. The van der Waals surface area contributed by atoms with E-state index in [4.69, 9.17) is 10.0 Å². The van der Waals surface area contributed by atoms with Crippen LogP contribution in [0.3, 0.4) is 0 Å². The Morgan fingerprint density at radius 1 is 1.60 bits per heavy atom. The number of hydrogen-bond acceptors (Lipinski definition) is 3. The van der Waals surface area contributed by atoms with E-state index in [0.717, 1.165) is 12.2 Å². The third-order valence-electron chi connectivity index (χ3n) is 0.784. The van der Waals surface area contributed by atoms with Crippen LogP contribution in [0, 0.1) is 0 Å². The van der Waals surface area contributed by atoms with Gasteiger partial charge in [0.05, 0.1) is 6.61 Å². The highest BCUT2D eigenvalue weighted by molar-refractivity contribution is 8.55. The summed E-state index contributed by atoms with van der Waals surface area (Å²) < 4.78 is 15.9. The van der Waals surface area contributed by atoms with E-state index in [-0.39, 0.29) is 0 Å². The second kappa shape index (κ2) is 5.19. The van der Waals surface area contributed by atoms with E-state index >= 15 is 0 Å². The average molecular weight is 183 g/mol. The van der Waals surface area contributed by atoms with Gasteiger partial charge in [0.2, 0.25) is 0 Å². The van der Waals surface area contributed by atoms with Gasteiger partial charge in [0.15, 0.2) is 0 Å². The van der Waals surface area contributed by atoms with Gasteiger partial charge in [-0.15, -0.1) is 0 Å². The molecule has 0 aliphatic rings. The van der Waals surface area contributed by atoms with Crippen LogP contribution in [0.1, 0.15) is 20.3 Å². The van der Waals surface area contributed by atoms with Gasteiger partial charge in [-0.2, -0.15) is 0 Å². The van der Waals surface area contributed by atoms with Crippen LogP contribution in [-0.2, 0) is 9.09 Å². The Balaban J connectivity index is 3.53. The zero-order valence-electron chi connectivity index (χ0n) is 6.37. The zero-order valence-corrected chi connectivity index (χ0v) is 8.08. The second-order valence-electron chi connectivity index (χ2n) is 1.79. The molecule has 1 unspecified atom stereocenters. The Labute approximate surface area is 66.0 Å². The molecule has 0 spiro atoms. The standard InChI is InChI=1S/C5H14NO2PS/c1-3-5-10-9(6,7)8-4-2/h3-5H2,1-2H3,(H2,6,7). The lowest BCUT2D eigenvalue weighted by Gasteiger charge is -2.09. The molecule has 0 bridgehead atoms. The lowest BCUT2D eigenvalue weighted by Crippen LogP contribution is -1.96. The van der Waals surface area contributed by atoms with Gasteiger partial charge in [-0.1, -0.05) is 18.3 Å². The van der Waals surface area contributed by atoms with Crippen molar-refractivity contribution in [3.63, 3.8) is 0 Å². The van der Waals surface area contributed by atoms with Crippen molar-refractivity contribution < 1.29 is 9.09 Å². The fourth-order valence-electron chi connectivity index (χ4n) is 0.436. The van der Waals surface area contributed by atoms with Gasteiger partial charge in [-0.25, -0.2) is 0 Å². The first-order valence-electron chi connectivity index (χ1n) is 3.30. The van der Waals surface area contributed by atoms with E-state index in [9.17, 15) is 4.57 Å². The first-order valence-corrected chi connectivity index (χ1v) is 6.58. The molecule has 5 heteroatoms. The van der Waals surface area contributed by atoms with Crippen LogP contribution in [0.2, 0.25) is 0 Å². The zero-order chi connectivity index (χ0) is 8.04. The molecule has 10 heavy (non-hydrogen) atoms. The monoisotopic (exact) mass is 183 g/mol. The Morgan fingerprint density at radius 3 is 2.60 bits per heavy atom. The predicted octanol–water partition coefficient (Wildman–Crippen LogP) is 2.23. The summed E-state index contributed by atoms with van der Waals surface area (Å²) in [5.74, 6) is 0.799. The Kier molecular flexibility index (Phi) is 5.45. The SMILES string of the molecule is CCCSP(N)(=O)OCC. The van der Waals surface area contributed by atoms with Crippen molar-refractivity contribution in [1.29, 1.82) is 0 Å². The smallest absolute Gasteiger partial charge is 0.310 e. The van der Waals surface area contributed by atoms with Crippen LogP contribution in [0.4, 0.5) is 0 Å². The molecule has 0 rings (SSSR count). The van der Waals surface area contributed by atoms with E-state index in [2.05, 4.69) is 0 Å². The molecule has 62 valence electrons. The maximum absolute atomic E-state index is 11.1. The van der Waals surface area contributed by atoms with Crippen LogP contribution in [-0.4, -0.2) is 12.4 Å². The Hall–Kier alpha value is 0.500. The molecule has 0 saturated carbocycles. The molecule has 0 aliphatic heterocycles. The molecule has 0 aliphatic carbocycles. The molecular formula is C5H14NO2PS. The maximum atomic E-state index is 11.1. The van der Waals surface area contributed by atoms with Crippen LogP contribution in [0.25, 0.3) is 0 Å². The van der Waals surface area contributed by atoms with Crippen molar-refractivity contribution >= 4 is 18.1 Å². The normalized spacial score (nSPS) is 16.7. The summed E-state index contributed by atoms with van der Waals surface area (Å²) in [6, 6.07) is 0. The molecule has 0 amide bonds. The van der Waals surface area contributed by atoms with E-state index in [0.29, 0.717) is 6.61 Å². The minimum atomic E-state index is -2.79. The fraction of sp³-hybridized carbons (Fsp3) is 1.00. The van der Waals surface area contributed by atoms with E-state index in [1.165, 1.54) is 11.4 Å². The Morgan fingerprint density at radius 2 is 2.20 bits per heavy atom. The summed E-state index contributed by atoms with van der Waals surface area (Å²) in [5, 5.41) is 0. The van der Waals surface area contributed by atoms with Gasteiger partial charge < -0.3 is 4.52 Å². The van der Waals surface area contributed by atoms with Crippen molar-refractivity contribution in [3.8, 4) is 0 Å². The molecule has 0 aromatic heterocycles. The van der Waals surface area contributed by atoms with Gasteiger partial charge in [0.25, 0.3) is 0 Å². The van der Waals surface area contributed by atoms with Gasteiger partial charge in [0.1, 0.15) is 0 Å². The first kappa shape index (κ1) is 10.5. The van der Waals surface area contributed by atoms with Crippen LogP contribution >= 0.6 is 18.1 Å². The van der Waals surface area contributed by atoms with E-state index < -0.39 is 6.72 Å². The summed E-state index contributed by atoms with van der Waals surface area (Å²) in [5.41, 5.74) is 5.31. The third kappa shape index (κ3) is 5.30. The summed E-state index contributed by atoms with van der Waals surface area (Å²) in [6.45, 7) is 1.43. The second-order valence-corrected chi connectivity index (χ2v) is 6.10. The summed E-state index contributed by atoms with van der Waals surface area (Å²) in [4.78, 5) is 0. The largest absolute Gasteiger partial charge is 0.323 e. The van der Waals surface area contributed by atoms with Crippen molar-refractivity contribution in [2.45, 2.75) is 20.3 Å². The van der Waals surface area contributed by atoms with Crippen LogP contribution in [0.15, 0.2) is 0 Å². The van der Waals surface area contributed by atoms with E-state index in [1.54, 1.807) is 6.92 Å². The third-order valence-corrected chi connectivity index (χ3v) is 4.30. The Bertz CT molecular complexity index is 131. The first-order chi connectivity index (χ1) is 4.62. The molecule has 0 heterocycles. The van der Waals surface area contributed by atoms with Crippen molar-refractivity contribution in [1.82, 2.24) is 0 Å². The lowest BCUT2D eigenvalue weighted by molar-refractivity contribution is 0.346. The molecular weight excluding hydrogens is 169 g/mol. The number of hydrogen-bond donors (Lipinski definition) is 1. The van der Waals surface area contributed by atoms with Gasteiger partial charge in [-0.3, -0.25) is 10.1 Å². The van der Waals surface area contributed by atoms with Crippen LogP contribution < -0.4 is 5.50 Å².